The zero-order valence-corrected chi connectivity index (χ0v) is 10.5. The Morgan fingerprint density at radius 1 is 1.50 bits per heavy atom. The summed E-state index contributed by atoms with van der Waals surface area (Å²) in [5, 5.41) is 12.8. The normalized spacial score (nSPS) is 23.0. The maximum Gasteiger partial charge on any atom is 0.223 e. The minimum absolute atomic E-state index is 0.0690. The number of carbonyl (C=O) groups excluding carboxylic acids is 1. The van der Waals surface area contributed by atoms with Crippen LogP contribution in [-0.4, -0.2) is 53.2 Å². The molecule has 98 valence electrons. The second-order valence-electron chi connectivity index (χ2n) is 4.65. The topological polar surface area (TPSA) is 65.5 Å². The average molecular weight is 249 g/mol. The molecule has 0 saturated carbocycles. The van der Waals surface area contributed by atoms with Crippen LogP contribution in [0.2, 0.25) is 0 Å². The van der Waals surface area contributed by atoms with E-state index in [1.165, 1.54) is 0 Å². The van der Waals surface area contributed by atoms with Gasteiger partial charge in [-0.15, -0.1) is 0 Å². The largest absolute Gasteiger partial charge is 0.390 e. The molecule has 0 spiro atoms. The van der Waals surface area contributed by atoms with Gasteiger partial charge in [-0.1, -0.05) is 0 Å². The molecule has 0 aromatic carbocycles. The molecular formula is C13H19N3O2. The zero-order chi connectivity index (χ0) is 13.0. The highest BCUT2D eigenvalue weighted by Gasteiger charge is 2.30. The van der Waals surface area contributed by atoms with Crippen LogP contribution in [0.15, 0.2) is 24.5 Å². The summed E-state index contributed by atoms with van der Waals surface area (Å²) in [5.74, 6) is 0.0690. The minimum Gasteiger partial charge on any atom is -0.390 e. The van der Waals surface area contributed by atoms with Crippen molar-refractivity contribution in [3.8, 4) is 0 Å². The Morgan fingerprint density at radius 2 is 2.22 bits per heavy atom. The Kier molecular flexibility index (Phi) is 4.28. The van der Waals surface area contributed by atoms with Crippen LogP contribution in [0, 0.1) is 0 Å². The number of aliphatic hydroxyl groups is 1. The first-order valence-corrected chi connectivity index (χ1v) is 6.22. The number of carbonyl (C=O) groups is 1. The van der Waals surface area contributed by atoms with Gasteiger partial charge in [0.15, 0.2) is 0 Å². The van der Waals surface area contributed by atoms with Gasteiger partial charge in [-0.3, -0.25) is 9.78 Å². The Bertz CT molecular complexity index is 396. The summed E-state index contributed by atoms with van der Waals surface area (Å²) in [5.41, 5.74) is 1.11. The third-order valence-electron chi connectivity index (χ3n) is 3.42. The summed E-state index contributed by atoms with van der Waals surface area (Å²) >= 11 is 0. The lowest BCUT2D eigenvalue weighted by molar-refractivity contribution is -0.133. The maximum absolute atomic E-state index is 12.0. The van der Waals surface area contributed by atoms with Gasteiger partial charge in [0.2, 0.25) is 5.91 Å². The molecule has 0 bridgehead atoms. The van der Waals surface area contributed by atoms with E-state index in [1.54, 1.807) is 24.3 Å². The van der Waals surface area contributed by atoms with Crippen molar-refractivity contribution in [2.24, 2.45) is 0 Å². The van der Waals surface area contributed by atoms with Crippen LogP contribution in [0.4, 0.5) is 0 Å². The molecule has 2 N–H and O–H groups in total. The molecule has 1 aromatic rings. The van der Waals surface area contributed by atoms with E-state index in [-0.39, 0.29) is 11.9 Å². The second kappa shape index (κ2) is 5.93. The summed E-state index contributed by atoms with van der Waals surface area (Å²) in [6.45, 7) is 1.23. The van der Waals surface area contributed by atoms with Gasteiger partial charge in [0.25, 0.3) is 0 Å². The van der Waals surface area contributed by atoms with Crippen LogP contribution in [0.3, 0.4) is 0 Å². The number of nitrogens with zero attached hydrogens (tertiary/aromatic N) is 2. The summed E-state index contributed by atoms with van der Waals surface area (Å²) < 4.78 is 0. The van der Waals surface area contributed by atoms with Crippen molar-refractivity contribution in [2.75, 3.05) is 20.1 Å². The number of aliphatic hydroxyl groups excluding tert-OH is 1. The molecule has 5 heteroatoms. The van der Waals surface area contributed by atoms with Crippen LogP contribution >= 0.6 is 0 Å². The van der Waals surface area contributed by atoms with Crippen molar-refractivity contribution < 1.29 is 9.90 Å². The molecule has 1 aromatic heterocycles. The van der Waals surface area contributed by atoms with Crippen molar-refractivity contribution in [1.82, 2.24) is 15.2 Å². The summed E-state index contributed by atoms with van der Waals surface area (Å²) in [4.78, 5) is 17.6. The van der Waals surface area contributed by atoms with Crippen LogP contribution < -0.4 is 5.32 Å². The van der Waals surface area contributed by atoms with Crippen molar-refractivity contribution in [2.45, 2.75) is 25.0 Å². The first-order chi connectivity index (χ1) is 8.68. The van der Waals surface area contributed by atoms with Gasteiger partial charge < -0.3 is 15.3 Å². The van der Waals surface area contributed by atoms with Crippen molar-refractivity contribution >= 4 is 5.91 Å². The Labute approximate surface area is 107 Å². The molecule has 2 heterocycles. The van der Waals surface area contributed by atoms with Gasteiger partial charge in [0.05, 0.1) is 12.1 Å². The summed E-state index contributed by atoms with van der Waals surface area (Å²) in [6.07, 6.45) is 4.17. The van der Waals surface area contributed by atoms with E-state index >= 15 is 0 Å². The number of amides is 1. The monoisotopic (exact) mass is 249 g/mol. The van der Waals surface area contributed by atoms with Gasteiger partial charge in [0, 0.05) is 39.0 Å². The molecule has 18 heavy (non-hydrogen) atoms. The lowest BCUT2D eigenvalue weighted by Gasteiger charge is -2.26. The van der Waals surface area contributed by atoms with Gasteiger partial charge in [-0.2, -0.15) is 0 Å². The Hall–Kier alpha value is -1.46. The molecule has 5 nitrogen and oxygen atoms in total. The van der Waals surface area contributed by atoms with Gasteiger partial charge >= 0.3 is 0 Å². The van der Waals surface area contributed by atoms with E-state index in [0.29, 0.717) is 25.9 Å². The van der Waals surface area contributed by atoms with Gasteiger partial charge in [0.1, 0.15) is 0 Å². The fraction of sp³-hybridized carbons (Fsp3) is 0.538. The van der Waals surface area contributed by atoms with E-state index in [4.69, 9.17) is 0 Å². The molecule has 0 radical (unpaired) electrons. The molecule has 1 amide bonds. The highest BCUT2D eigenvalue weighted by atomic mass is 16.3. The number of aryl methyl sites for hydroxylation is 1. The second-order valence-corrected chi connectivity index (χ2v) is 4.65. The standard InChI is InChI=1S/C13H19N3O2/c1-16(11-8-15-9-12(11)17)13(18)3-2-10-4-6-14-7-5-10/h4-7,11-12,15,17H,2-3,8-9H2,1H3/t11-,12-/m1/s1. The minimum atomic E-state index is -0.458. The molecule has 2 atom stereocenters. The highest BCUT2D eigenvalue weighted by Crippen LogP contribution is 2.10. The smallest absolute Gasteiger partial charge is 0.223 e. The molecule has 1 fully saturated rings. The van der Waals surface area contributed by atoms with Crippen molar-refractivity contribution in [3.05, 3.63) is 30.1 Å². The first kappa shape index (κ1) is 13.0. The molecule has 1 saturated heterocycles. The highest BCUT2D eigenvalue weighted by molar-refractivity contribution is 5.76. The van der Waals surface area contributed by atoms with E-state index in [1.807, 2.05) is 12.1 Å². The third-order valence-corrected chi connectivity index (χ3v) is 3.42. The Morgan fingerprint density at radius 3 is 2.83 bits per heavy atom. The number of likely N-dealkylation sites (N-methyl/N-ethyl adjacent to an activating group) is 1. The lowest BCUT2D eigenvalue weighted by atomic mass is 10.1. The number of aromatic nitrogens is 1. The molecule has 1 aliphatic rings. The van der Waals surface area contributed by atoms with E-state index in [9.17, 15) is 9.90 Å². The van der Waals surface area contributed by atoms with Crippen LogP contribution in [0.1, 0.15) is 12.0 Å². The van der Waals surface area contributed by atoms with Crippen molar-refractivity contribution in [3.63, 3.8) is 0 Å². The predicted molar refractivity (Wildman–Crippen MR) is 68.0 cm³/mol. The van der Waals surface area contributed by atoms with E-state index in [0.717, 1.165) is 5.56 Å². The van der Waals surface area contributed by atoms with E-state index in [2.05, 4.69) is 10.3 Å². The molecule has 2 rings (SSSR count). The molecule has 0 unspecified atom stereocenters. The Balaban J connectivity index is 1.84. The fourth-order valence-electron chi connectivity index (χ4n) is 2.21. The van der Waals surface area contributed by atoms with Crippen LogP contribution in [0.5, 0.6) is 0 Å². The van der Waals surface area contributed by atoms with Gasteiger partial charge in [-0.05, 0) is 24.1 Å². The average Bonchev–Trinajstić information content (AvgIpc) is 2.82. The van der Waals surface area contributed by atoms with Crippen LogP contribution in [-0.2, 0) is 11.2 Å². The number of hydrogen-bond acceptors (Lipinski definition) is 4. The first-order valence-electron chi connectivity index (χ1n) is 6.22. The summed E-state index contributed by atoms with van der Waals surface area (Å²) in [6, 6.07) is 3.73. The number of rotatable bonds is 4. The number of pyridine rings is 1. The molecule has 1 aliphatic heterocycles. The summed E-state index contributed by atoms with van der Waals surface area (Å²) in [7, 11) is 1.76. The number of nitrogens with one attached hydrogen (secondary N) is 1. The van der Waals surface area contributed by atoms with Crippen molar-refractivity contribution in [1.29, 1.82) is 0 Å². The number of β-amino-alcohol motifs (C(OH)–C–C–N with tert-alkyl or cyclic N) is 1. The molecular weight excluding hydrogens is 230 g/mol. The van der Waals surface area contributed by atoms with Gasteiger partial charge in [-0.25, -0.2) is 0 Å². The number of hydrogen-bond donors (Lipinski definition) is 2. The predicted octanol–water partition coefficient (Wildman–Crippen LogP) is -0.195. The van der Waals surface area contributed by atoms with Crippen LogP contribution in [0.25, 0.3) is 0 Å². The van der Waals surface area contributed by atoms with E-state index < -0.39 is 6.10 Å². The third kappa shape index (κ3) is 3.05. The zero-order valence-electron chi connectivity index (χ0n) is 10.5. The molecule has 0 aliphatic carbocycles. The SMILES string of the molecule is CN(C(=O)CCc1ccncc1)[C@@H]1CNC[C@H]1O. The maximum atomic E-state index is 12.0. The lowest BCUT2D eigenvalue weighted by Crippen LogP contribution is -2.44. The fourth-order valence-corrected chi connectivity index (χ4v) is 2.21. The quantitative estimate of drug-likeness (QED) is 0.776.